The summed E-state index contributed by atoms with van der Waals surface area (Å²) in [6.07, 6.45) is 0.585. The highest BCUT2D eigenvalue weighted by Gasteiger charge is 2.20. The second-order valence-corrected chi connectivity index (χ2v) is 4.59. The first-order valence-corrected chi connectivity index (χ1v) is 6.36. The number of benzene rings is 1. The summed E-state index contributed by atoms with van der Waals surface area (Å²) in [5, 5.41) is 0. The van der Waals surface area contributed by atoms with E-state index in [0.717, 1.165) is 16.6 Å². The van der Waals surface area contributed by atoms with Gasteiger partial charge in [0.25, 0.3) is 0 Å². The summed E-state index contributed by atoms with van der Waals surface area (Å²) in [6, 6.07) is 7.72. The maximum absolute atomic E-state index is 11.1. The fraction of sp³-hybridized carbons (Fsp3) is 0.417. The van der Waals surface area contributed by atoms with Crippen molar-refractivity contribution in [2.75, 3.05) is 26.3 Å². The lowest BCUT2D eigenvalue weighted by molar-refractivity contribution is 0.156. The van der Waals surface area contributed by atoms with Gasteiger partial charge in [-0.3, -0.25) is 0 Å². The Morgan fingerprint density at radius 2 is 2.24 bits per heavy atom. The Hall–Kier alpha value is -1.23. The molecule has 1 heterocycles. The second kappa shape index (κ2) is 5.91. The van der Waals surface area contributed by atoms with Crippen LogP contribution in [-0.2, 0) is 4.74 Å². The van der Waals surface area contributed by atoms with E-state index in [-0.39, 0.29) is 6.09 Å². The fourth-order valence-corrected chi connectivity index (χ4v) is 2.03. The predicted octanol–water partition coefficient (Wildman–Crippen LogP) is 2.67. The first-order chi connectivity index (χ1) is 8.27. The Morgan fingerprint density at radius 3 is 2.94 bits per heavy atom. The van der Waals surface area contributed by atoms with E-state index in [0.29, 0.717) is 26.3 Å². The van der Waals surface area contributed by atoms with Crippen LogP contribution < -0.4 is 4.74 Å². The van der Waals surface area contributed by atoms with Crippen molar-refractivity contribution in [1.82, 2.24) is 4.90 Å². The molecule has 4 nitrogen and oxygen atoms in total. The van der Waals surface area contributed by atoms with Crippen LogP contribution in [0.5, 0.6) is 5.75 Å². The highest BCUT2D eigenvalue weighted by Crippen LogP contribution is 2.23. The van der Waals surface area contributed by atoms with Gasteiger partial charge in [0.2, 0.25) is 0 Å². The Morgan fingerprint density at radius 1 is 1.41 bits per heavy atom. The van der Waals surface area contributed by atoms with Gasteiger partial charge in [-0.25, -0.2) is 4.79 Å². The van der Waals surface area contributed by atoms with Crippen molar-refractivity contribution in [2.24, 2.45) is 0 Å². The number of hydrogen-bond acceptors (Lipinski definition) is 3. The molecule has 1 fully saturated rings. The molecule has 0 atom stereocenters. The lowest BCUT2D eigenvalue weighted by Crippen LogP contribution is -2.26. The predicted molar refractivity (Wildman–Crippen MR) is 67.2 cm³/mol. The van der Waals surface area contributed by atoms with Crippen LogP contribution in [0.1, 0.15) is 6.42 Å². The standard InChI is InChI=1S/C12H14BrNO3/c13-10-4-1-2-5-11(10)16-8-3-6-14-7-9-17-12(14)15/h1-2,4-5H,3,6-9H2. The fourth-order valence-electron chi connectivity index (χ4n) is 1.63. The van der Waals surface area contributed by atoms with Crippen LogP contribution in [0.2, 0.25) is 0 Å². The maximum Gasteiger partial charge on any atom is 0.409 e. The van der Waals surface area contributed by atoms with Gasteiger partial charge in [0.1, 0.15) is 12.4 Å². The van der Waals surface area contributed by atoms with E-state index in [2.05, 4.69) is 15.9 Å². The van der Waals surface area contributed by atoms with E-state index in [1.165, 1.54) is 0 Å². The Balaban J connectivity index is 1.70. The van der Waals surface area contributed by atoms with Gasteiger partial charge in [0.05, 0.1) is 17.6 Å². The molecule has 5 heteroatoms. The molecule has 0 unspecified atom stereocenters. The van der Waals surface area contributed by atoms with E-state index in [4.69, 9.17) is 9.47 Å². The molecule has 0 radical (unpaired) electrons. The Bertz CT molecular complexity index is 397. The summed E-state index contributed by atoms with van der Waals surface area (Å²) in [5.74, 6) is 0.830. The zero-order chi connectivity index (χ0) is 12.1. The number of amides is 1. The molecule has 92 valence electrons. The van der Waals surface area contributed by atoms with Crippen LogP contribution in [0.4, 0.5) is 4.79 Å². The zero-order valence-corrected chi connectivity index (χ0v) is 11.0. The lowest BCUT2D eigenvalue weighted by Gasteiger charge is -2.13. The summed E-state index contributed by atoms with van der Waals surface area (Å²) in [4.78, 5) is 12.8. The number of cyclic esters (lactones) is 1. The normalized spacial score (nSPS) is 14.9. The minimum atomic E-state index is -0.217. The monoisotopic (exact) mass is 299 g/mol. The van der Waals surface area contributed by atoms with Crippen molar-refractivity contribution in [3.05, 3.63) is 28.7 Å². The molecule has 1 aliphatic heterocycles. The quantitative estimate of drug-likeness (QED) is 0.785. The highest BCUT2D eigenvalue weighted by atomic mass is 79.9. The van der Waals surface area contributed by atoms with Gasteiger partial charge in [-0.15, -0.1) is 0 Å². The molecular weight excluding hydrogens is 286 g/mol. The molecule has 1 aliphatic rings. The summed E-state index contributed by atoms with van der Waals surface area (Å²) in [5.41, 5.74) is 0. The third-order valence-electron chi connectivity index (χ3n) is 2.51. The van der Waals surface area contributed by atoms with Crippen LogP contribution in [0.3, 0.4) is 0 Å². The number of carbonyl (C=O) groups excluding carboxylic acids is 1. The largest absolute Gasteiger partial charge is 0.492 e. The van der Waals surface area contributed by atoms with E-state index < -0.39 is 0 Å². The van der Waals surface area contributed by atoms with E-state index >= 15 is 0 Å². The molecule has 2 rings (SSSR count). The SMILES string of the molecule is O=C1OCCN1CCCOc1ccccc1Br. The van der Waals surface area contributed by atoms with Crippen molar-refractivity contribution in [1.29, 1.82) is 0 Å². The molecule has 0 aliphatic carbocycles. The van der Waals surface area contributed by atoms with E-state index in [1.807, 2.05) is 24.3 Å². The van der Waals surface area contributed by atoms with Crippen LogP contribution in [0.25, 0.3) is 0 Å². The third kappa shape index (κ3) is 3.36. The van der Waals surface area contributed by atoms with Gasteiger partial charge in [-0.05, 0) is 34.5 Å². The average molecular weight is 300 g/mol. The average Bonchev–Trinajstić information content (AvgIpc) is 2.73. The number of carbonyl (C=O) groups is 1. The summed E-state index contributed by atoms with van der Waals surface area (Å²) in [7, 11) is 0. The molecule has 17 heavy (non-hydrogen) atoms. The van der Waals surface area contributed by atoms with E-state index in [1.54, 1.807) is 4.90 Å². The van der Waals surface area contributed by atoms with Gasteiger partial charge in [-0.1, -0.05) is 12.1 Å². The number of rotatable bonds is 5. The van der Waals surface area contributed by atoms with Crippen LogP contribution in [0, 0.1) is 0 Å². The first kappa shape index (κ1) is 12.2. The van der Waals surface area contributed by atoms with Gasteiger partial charge in [-0.2, -0.15) is 0 Å². The van der Waals surface area contributed by atoms with E-state index in [9.17, 15) is 4.79 Å². The molecule has 1 aromatic carbocycles. The molecule has 1 saturated heterocycles. The van der Waals surface area contributed by atoms with Crippen molar-refractivity contribution in [3.8, 4) is 5.75 Å². The summed E-state index contributed by atoms with van der Waals surface area (Å²) >= 11 is 3.41. The topological polar surface area (TPSA) is 38.8 Å². The van der Waals surface area contributed by atoms with Crippen molar-refractivity contribution in [2.45, 2.75) is 6.42 Å². The van der Waals surface area contributed by atoms with Gasteiger partial charge in [0, 0.05) is 6.54 Å². The molecular formula is C12H14BrNO3. The van der Waals surface area contributed by atoms with Gasteiger partial charge < -0.3 is 14.4 Å². The van der Waals surface area contributed by atoms with Crippen LogP contribution >= 0.6 is 15.9 Å². The third-order valence-corrected chi connectivity index (χ3v) is 3.17. The second-order valence-electron chi connectivity index (χ2n) is 3.73. The van der Waals surface area contributed by atoms with Crippen molar-refractivity contribution in [3.63, 3.8) is 0 Å². The number of para-hydroxylation sites is 1. The molecule has 1 amide bonds. The Labute approximate surface area is 109 Å². The van der Waals surface area contributed by atoms with Crippen LogP contribution in [-0.4, -0.2) is 37.3 Å². The summed E-state index contributed by atoms with van der Waals surface area (Å²) in [6.45, 7) is 2.47. The number of ether oxygens (including phenoxy) is 2. The summed E-state index contributed by atoms with van der Waals surface area (Å²) < 4.78 is 11.4. The molecule has 0 saturated carbocycles. The molecule has 0 spiro atoms. The molecule has 0 N–H and O–H groups in total. The lowest BCUT2D eigenvalue weighted by atomic mass is 10.3. The highest BCUT2D eigenvalue weighted by molar-refractivity contribution is 9.10. The number of nitrogens with zero attached hydrogens (tertiary/aromatic N) is 1. The molecule has 0 aromatic heterocycles. The molecule has 1 aromatic rings. The number of hydrogen-bond donors (Lipinski definition) is 0. The maximum atomic E-state index is 11.1. The zero-order valence-electron chi connectivity index (χ0n) is 9.39. The van der Waals surface area contributed by atoms with Crippen molar-refractivity contribution < 1.29 is 14.3 Å². The minimum absolute atomic E-state index is 0.217. The smallest absolute Gasteiger partial charge is 0.409 e. The Kier molecular flexibility index (Phi) is 4.25. The van der Waals surface area contributed by atoms with Crippen molar-refractivity contribution >= 4 is 22.0 Å². The van der Waals surface area contributed by atoms with Gasteiger partial charge >= 0.3 is 6.09 Å². The van der Waals surface area contributed by atoms with Crippen LogP contribution in [0.15, 0.2) is 28.7 Å². The minimum Gasteiger partial charge on any atom is -0.492 e. The van der Waals surface area contributed by atoms with Gasteiger partial charge in [0.15, 0.2) is 0 Å². The number of halogens is 1. The molecule has 0 bridgehead atoms. The first-order valence-electron chi connectivity index (χ1n) is 5.56.